The number of rotatable bonds is 8. The first kappa shape index (κ1) is 31.6. The monoisotopic (exact) mass is 324 g/mol. The fourth-order valence-corrected chi connectivity index (χ4v) is 0.825. The van der Waals surface area contributed by atoms with Crippen LogP contribution < -0.4 is 0 Å². The summed E-state index contributed by atoms with van der Waals surface area (Å²) < 4.78 is 22.5. The summed E-state index contributed by atoms with van der Waals surface area (Å²) in [4.78, 5) is 11.0. The Hall–Kier alpha value is -0.671. The van der Waals surface area contributed by atoms with Gasteiger partial charge in [0.25, 0.3) is 0 Å². The molecule has 1 atom stereocenters. The topological polar surface area (TPSA) is 117 Å². The van der Waals surface area contributed by atoms with E-state index in [1.165, 1.54) is 6.42 Å². The fourth-order valence-electron chi connectivity index (χ4n) is 0.825. The molecule has 6 nitrogen and oxygen atoms in total. The van der Waals surface area contributed by atoms with Gasteiger partial charge in [0.05, 0.1) is 6.10 Å². The van der Waals surface area contributed by atoms with E-state index in [2.05, 4.69) is 20.0 Å². The number of hydrogen-bond acceptors (Lipinski definition) is 3. The van der Waals surface area contributed by atoms with Gasteiger partial charge in [0.1, 0.15) is 5.78 Å². The molecule has 0 aromatic heterocycles. The first-order valence-corrected chi connectivity index (χ1v) is 4.93. The molecule has 4 radical (unpaired) electrons. The predicted octanol–water partition coefficient (Wildman–Crippen LogP) is 0.411. The van der Waals surface area contributed by atoms with E-state index in [0.29, 0.717) is 0 Å². The van der Waals surface area contributed by atoms with Crippen LogP contribution in [0.5, 0.6) is 0 Å². The van der Waals surface area contributed by atoms with Gasteiger partial charge in [-0.3, -0.25) is 4.79 Å². The average molecular weight is 324 g/mol. The van der Waals surface area contributed by atoms with Crippen LogP contribution in [0.1, 0.15) is 19.8 Å². The molecule has 0 spiro atoms. The van der Waals surface area contributed by atoms with Crippen molar-refractivity contribution in [1.82, 2.24) is 0 Å². The molecule has 20 heavy (non-hydrogen) atoms. The maximum Gasteiger partial charge on any atom is 0 e. The van der Waals surface area contributed by atoms with Crippen LogP contribution in [-0.4, -0.2) is 28.7 Å². The largest absolute Gasteiger partial charge is 0 e. The van der Waals surface area contributed by atoms with E-state index in [1.54, 1.807) is 12.8 Å². The van der Waals surface area contributed by atoms with E-state index < -0.39 is 6.10 Å². The summed E-state index contributed by atoms with van der Waals surface area (Å²) in [6.07, 6.45) is 6.21. The summed E-state index contributed by atoms with van der Waals surface area (Å²) >= 11 is 0. The third-order valence-corrected chi connectivity index (χ3v) is 1.48. The summed E-state index contributed by atoms with van der Waals surface area (Å²) in [5, 5.41) is 17.6. The van der Waals surface area contributed by atoms with Gasteiger partial charge in [-0.1, -0.05) is 6.92 Å². The molecule has 0 heterocycles. The second kappa shape index (κ2) is 36.2. The molecule has 0 unspecified atom stereocenters. The van der Waals surface area contributed by atoms with E-state index in [9.17, 15) is 4.79 Å². The summed E-state index contributed by atoms with van der Waals surface area (Å²) in [6, 6.07) is 0. The third-order valence-electron chi connectivity index (χ3n) is 1.48. The van der Waals surface area contributed by atoms with Crippen LogP contribution in [0.2, 0.25) is 0 Å². The zero-order valence-electron chi connectivity index (χ0n) is 10.9. The van der Waals surface area contributed by atoms with Gasteiger partial charge < -0.3 is 10.2 Å². The SMILES string of the molecule is C[CH][CH][CH][CH]C(=O)C[C@@H](O)CCO.[C-]#[O+].[C-]#[O+].[C-]#[O+].[Fe]. The molecule has 0 fully saturated rings. The summed E-state index contributed by atoms with van der Waals surface area (Å²) in [6.45, 7) is 15.3. The van der Waals surface area contributed by atoms with Crippen LogP contribution in [-0.2, 0) is 35.8 Å². The normalized spacial score (nSPS) is 8.65. The van der Waals surface area contributed by atoms with Crippen molar-refractivity contribution >= 4 is 5.78 Å². The minimum absolute atomic E-state index is 0. The van der Waals surface area contributed by atoms with Gasteiger partial charge in [0.15, 0.2) is 0 Å². The van der Waals surface area contributed by atoms with Crippen molar-refractivity contribution in [2.45, 2.75) is 25.9 Å². The van der Waals surface area contributed by atoms with Crippen LogP contribution in [0.15, 0.2) is 0 Å². The van der Waals surface area contributed by atoms with E-state index >= 15 is 0 Å². The van der Waals surface area contributed by atoms with Gasteiger partial charge in [0.2, 0.25) is 0 Å². The first-order valence-electron chi connectivity index (χ1n) is 4.93. The van der Waals surface area contributed by atoms with Gasteiger partial charge >= 0.3 is 33.9 Å². The molecular formula is C13H16FeO6. The molecule has 0 aliphatic heterocycles. The number of carbonyl (C=O) groups is 1. The molecule has 0 amide bonds. The minimum Gasteiger partial charge on any atom is 0 e. The molecule has 0 rings (SSSR count). The number of aliphatic hydroxyl groups excluding tert-OH is 2. The molecule has 0 aliphatic carbocycles. The summed E-state index contributed by atoms with van der Waals surface area (Å²) in [5.74, 6) is -0.126. The van der Waals surface area contributed by atoms with E-state index in [-0.39, 0.29) is 42.3 Å². The molecule has 2 N–H and O–H groups in total. The Morgan fingerprint density at radius 2 is 1.60 bits per heavy atom. The van der Waals surface area contributed by atoms with Gasteiger partial charge in [-0.25, -0.2) is 0 Å². The molecular weight excluding hydrogens is 308 g/mol. The summed E-state index contributed by atoms with van der Waals surface area (Å²) in [7, 11) is 0. The predicted molar refractivity (Wildman–Crippen MR) is 62.0 cm³/mol. The molecule has 0 saturated heterocycles. The average Bonchev–Trinajstić information content (AvgIpc) is 2.46. The van der Waals surface area contributed by atoms with Gasteiger partial charge in [-0.15, -0.1) is 0 Å². The van der Waals surface area contributed by atoms with Crippen LogP contribution in [0, 0.1) is 45.6 Å². The number of aliphatic hydroxyl groups is 2. The fraction of sp³-hybridized carbons (Fsp3) is 0.385. The van der Waals surface area contributed by atoms with Crippen LogP contribution >= 0.6 is 0 Å². The molecule has 7 heteroatoms. The quantitative estimate of drug-likeness (QED) is 0.291. The van der Waals surface area contributed by atoms with Crippen molar-refractivity contribution in [1.29, 1.82) is 0 Å². The van der Waals surface area contributed by atoms with Crippen molar-refractivity contribution in [2.75, 3.05) is 6.61 Å². The zero-order valence-corrected chi connectivity index (χ0v) is 12.0. The van der Waals surface area contributed by atoms with Gasteiger partial charge in [-0.2, -0.15) is 0 Å². The Morgan fingerprint density at radius 3 is 1.95 bits per heavy atom. The molecule has 0 aromatic rings. The Kier molecular flexibility index (Phi) is 57.3. The maximum absolute atomic E-state index is 11.0. The Morgan fingerprint density at radius 1 is 1.15 bits per heavy atom. The summed E-state index contributed by atoms with van der Waals surface area (Å²) in [5.41, 5.74) is 0. The van der Waals surface area contributed by atoms with Gasteiger partial charge in [-0.05, 0) is 25.7 Å². The zero-order chi connectivity index (χ0) is 16.1. The van der Waals surface area contributed by atoms with Crippen molar-refractivity contribution < 1.29 is 46.0 Å². The van der Waals surface area contributed by atoms with Crippen LogP contribution in [0.3, 0.4) is 0 Å². The van der Waals surface area contributed by atoms with Crippen molar-refractivity contribution in [3.05, 3.63) is 45.6 Å². The molecule has 112 valence electrons. The number of unbranched alkanes of at least 4 members (excludes halogenated alkanes) is 2. The van der Waals surface area contributed by atoms with Gasteiger partial charge in [0, 0.05) is 36.5 Å². The standard InChI is InChI=1S/C10H16O3.3CO.Fe/c1-2-3-4-5-9(12)8-10(13)6-7-11;3*1-2;/h2-5,10-11,13H,6-8H2,1H3;;;;/t10-;;;;/m0..../s1. The number of ketones is 1. The number of carbonyl (C=O) groups excluding carboxylic acids is 1. The Bertz CT molecular complexity index is 222. The maximum atomic E-state index is 11.0. The molecule has 0 aliphatic rings. The van der Waals surface area contributed by atoms with Crippen LogP contribution in [0.25, 0.3) is 0 Å². The Labute approximate surface area is 130 Å². The molecule has 0 bridgehead atoms. The number of Topliss-reactive ketones (excluding diaryl/α,β-unsaturated/α-hetero) is 1. The second-order valence-corrected chi connectivity index (χ2v) is 2.72. The molecule has 0 saturated carbocycles. The molecule has 0 aromatic carbocycles. The third kappa shape index (κ3) is 36.0. The van der Waals surface area contributed by atoms with Crippen LogP contribution in [0.4, 0.5) is 0 Å². The first-order chi connectivity index (χ1) is 9.20. The van der Waals surface area contributed by atoms with Crippen molar-refractivity contribution in [2.24, 2.45) is 0 Å². The van der Waals surface area contributed by atoms with E-state index in [4.69, 9.17) is 24.2 Å². The minimum atomic E-state index is -0.729. The smallest absolute Gasteiger partial charge is 0 e. The van der Waals surface area contributed by atoms with Crippen molar-refractivity contribution in [3.8, 4) is 0 Å². The number of hydrogen-bond donors (Lipinski definition) is 2. The van der Waals surface area contributed by atoms with Crippen molar-refractivity contribution in [3.63, 3.8) is 0 Å². The second-order valence-electron chi connectivity index (χ2n) is 2.72. The van der Waals surface area contributed by atoms with E-state index in [0.717, 1.165) is 0 Å². The Balaban J connectivity index is -0.0000000940. The van der Waals surface area contributed by atoms with E-state index in [1.807, 2.05) is 13.3 Å².